The first-order chi connectivity index (χ1) is 38.6. The van der Waals surface area contributed by atoms with Crippen LogP contribution >= 0.6 is 0 Å². The Balaban J connectivity index is -0.000000991. The molecule has 0 aliphatic heterocycles. The van der Waals surface area contributed by atoms with Crippen LogP contribution in [0.3, 0.4) is 0 Å². The Labute approximate surface area is 484 Å². The van der Waals surface area contributed by atoms with E-state index in [0.29, 0.717) is 6.61 Å². The molecule has 0 unspecified atom stereocenters. The fourth-order valence-electron chi connectivity index (χ4n) is 6.32. The Hall–Kier alpha value is -7.12. The van der Waals surface area contributed by atoms with Crippen LogP contribution in [-0.2, 0) is 18.8 Å². The summed E-state index contributed by atoms with van der Waals surface area (Å²) in [5.41, 5.74) is 11.9. The van der Waals surface area contributed by atoms with Gasteiger partial charge in [-0.05, 0) is 130 Å². The summed E-state index contributed by atoms with van der Waals surface area (Å²) in [4.78, 5) is 0. The zero-order valence-corrected chi connectivity index (χ0v) is 52.9. The minimum atomic E-state index is -3.36. The predicted octanol–water partition coefficient (Wildman–Crippen LogP) is 24.3. The maximum absolute atomic E-state index is 14.2. The fourth-order valence-corrected chi connectivity index (χ4v) is 6.32. The molecule has 0 atom stereocenters. The van der Waals surface area contributed by atoms with Crippen LogP contribution in [0.5, 0.6) is 17.2 Å². The van der Waals surface area contributed by atoms with E-state index in [1.165, 1.54) is 69.8 Å². The van der Waals surface area contributed by atoms with Gasteiger partial charge in [0, 0.05) is 0 Å². The van der Waals surface area contributed by atoms with Gasteiger partial charge in [-0.1, -0.05) is 278 Å². The lowest BCUT2D eigenvalue weighted by atomic mass is 10.0. The van der Waals surface area contributed by atoms with E-state index in [-0.39, 0.29) is 22.6 Å². The molecule has 8 aromatic rings. The van der Waals surface area contributed by atoms with Crippen molar-refractivity contribution in [3.63, 3.8) is 0 Å². The molecule has 438 valence electrons. The van der Waals surface area contributed by atoms with Gasteiger partial charge < -0.3 is 14.2 Å². The summed E-state index contributed by atoms with van der Waals surface area (Å²) in [5, 5.41) is 0. The van der Waals surface area contributed by atoms with Crippen molar-refractivity contribution in [1.82, 2.24) is 0 Å². The highest BCUT2D eigenvalue weighted by Crippen LogP contribution is 2.34. The van der Waals surface area contributed by atoms with Crippen LogP contribution in [0, 0.1) is 41.5 Å². The van der Waals surface area contributed by atoms with E-state index >= 15 is 0 Å². The maximum Gasteiger partial charge on any atom is 0.426 e. The molecular formula is C73H100F4O3. The Bertz CT molecular complexity index is 2640. The zero-order valence-electron chi connectivity index (χ0n) is 52.9. The third kappa shape index (κ3) is 29.7. The monoisotopic (exact) mass is 1100 g/mol. The van der Waals surface area contributed by atoms with Crippen molar-refractivity contribution in [2.45, 2.75) is 171 Å². The molecule has 3 nitrogen and oxygen atoms in total. The van der Waals surface area contributed by atoms with E-state index in [9.17, 15) is 17.6 Å². The van der Waals surface area contributed by atoms with Gasteiger partial charge in [0.1, 0.15) is 23.9 Å². The third-order valence-corrected chi connectivity index (χ3v) is 10.3. The van der Waals surface area contributed by atoms with Gasteiger partial charge in [0.2, 0.25) is 0 Å². The molecule has 0 amide bonds. The van der Waals surface area contributed by atoms with Gasteiger partial charge in [-0.3, -0.25) is 0 Å². The second-order valence-electron chi connectivity index (χ2n) is 15.8. The Morgan fingerprint density at radius 3 is 0.700 bits per heavy atom. The summed E-state index contributed by atoms with van der Waals surface area (Å²) in [6, 6.07) is 58.7. The molecule has 80 heavy (non-hydrogen) atoms. The van der Waals surface area contributed by atoms with Gasteiger partial charge >= 0.3 is 12.2 Å². The second kappa shape index (κ2) is 45.7. The van der Waals surface area contributed by atoms with Crippen LogP contribution in [-0.4, -0.2) is 0 Å². The van der Waals surface area contributed by atoms with Gasteiger partial charge in [-0.25, -0.2) is 0 Å². The molecule has 0 N–H and O–H groups in total. The minimum absolute atomic E-state index is 0.136. The number of halogens is 4. The molecule has 0 bridgehead atoms. The number of benzene rings is 8. The van der Waals surface area contributed by atoms with Crippen LogP contribution in [0.25, 0.3) is 22.3 Å². The zero-order chi connectivity index (χ0) is 61.7. The van der Waals surface area contributed by atoms with E-state index in [1.54, 1.807) is 60.7 Å². The van der Waals surface area contributed by atoms with E-state index in [0.717, 1.165) is 33.6 Å². The normalized spacial score (nSPS) is 9.43. The van der Waals surface area contributed by atoms with Gasteiger partial charge in [-0.15, -0.1) is 0 Å². The van der Waals surface area contributed by atoms with E-state index in [2.05, 4.69) is 74.5 Å². The van der Waals surface area contributed by atoms with Gasteiger partial charge in [-0.2, -0.15) is 17.6 Å². The van der Waals surface area contributed by atoms with Gasteiger partial charge in [0.05, 0.1) is 11.1 Å². The lowest BCUT2D eigenvalue weighted by Crippen LogP contribution is -2.21. The lowest BCUT2D eigenvalue weighted by Gasteiger charge is -2.18. The Kier molecular flexibility index (Phi) is 44.1. The first kappa shape index (κ1) is 77.1. The summed E-state index contributed by atoms with van der Waals surface area (Å²) in [5.74, 6) is 1.19. The van der Waals surface area contributed by atoms with Crippen molar-refractivity contribution in [3.8, 4) is 39.5 Å². The van der Waals surface area contributed by atoms with Gasteiger partial charge in [0.15, 0.2) is 0 Å². The number of hydrogen-bond acceptors (Lipinski definition) is 3. The SMILES string of the molecule is CC.CC.CC.CC.CC.CC.CC.CC.Cc1ccc(-c2ccc(OC(F)(F)c3ccc(C)cc3)cc2)cc1.Cc1ccc(COc2ccc(-c3ccc(C)cc3)cc2)cc1.Cc1ccc(OC(F)(F)c2ccc(C)cc2)cc1. The molecule has 8 aromatic carbocycles. The van der Waals surface area contributed by atoms with Gasteiger partial charge in [0.25, 0.3) is 0 Å². The summed E-state index contributed by atoms with van der Waals surface area (Å²) >= 11 is 0. The molecule has 0 radical (unpaired) electrons. The highest BCUT2D eigenvalue weighted by molar-refractivity contribution is 5.65. The van der Waals surface area contributed by atoms with E-state index in [1.807, 2.05) is 175 Å². The Morgan fingerprint density at radius 1 is 0.250 bits per heavy atom. The smallest absolute Gasteiger partial charge is 0.426 e. The number of hydrogen-bond donors (Lipinski definition) is 0. The molecule has 0 aliphatic carbocycles. The number of aryl methyl sites for hydroxylation is 6. The molecular weight excluding hydrogens is 1000 g/mol. The van der Waals surface area contributed by atoms with E-state index < -0.39 is 12.2 Å². The van der Waals surface area contributed by atoms with Crippen molar-refractivity contribution in [2.75, 3.05) is 0 Å². The minimum Gasteiger partial charge on any atom is -0.489 e. The topological polar surface area (TPSA) is 27.7 Å². The van der Waals surface area contributed by atoms with Crippen LogP contribution in [0.1, 0.15) is 161 Å². The third-order valence-electron chi connectivity index (χ3n) is 10.3. The Morgan fingerprint density at radius 2 is 0.438 bits per heavy atom. The van der Waals surface area contributed by atoms with Crippen LogP contribution < -0.4 is 14.2 Å². The largest absolute Gasteiger partial charge is 0.489 e. The molecule has 0 aromatic heterocycles. The number of ether oxygens (including phenoxy) is 3. The van der Waals surface area contributed by atoms with Crippen LogP contribution in [0.4, 0.5) is 17.6 Å². The quantitative estimate of drug-likeness (QED) is 0.121. The molecule has 0 heterocycles. The molecule has 0 saturated carbocycles. The van der Waals surface area contributed by atoms with Crippen LogP contribution in [0.2, 0.25) is 0 Å². The second-order valence-corrected chi connectivity index (χ2v) is 15.8. The van der Waals surface area contributed by atoms with Crippen LogP contribution in [0.15, 0.2) is 194 Å². The first-order valence-electron chi connectivity index (χ1n) is 29.0. The summed E-state index contributed by atoms with van der Waals surface area (Å²) in [6.07, 6.45) is -6.68. The van der Waals surface area contributed by atoms with Crippen molar-refractivity contribution < 1.29 is 31.8 Å². The standard InChI is InChI=1S/C21H18F2O.C21H20O.C15H14F2O.8C2H6/c1-15-3-7-17(8-4-15)18-9-13-20(14-10-18)24-21(22,23)19-11-5-16(2)6-12-19;1-16-3-7-18(8-4-16)15-22-21-13-11-20(12-14-21)19-9-5-17(2)6-10-19;1-11-3-7-13(8-4-11)15(16,17)18-14-9-5-12(2)6-10-14;8*1-2/h3-14H,1-2H3;3-14H,15H2,1-2H3;3-10H,1-2H3;8*1-2H3. The molecule has 0 aliphatic rings. The average molecular weight is 1100 g/mol. The number of alkyl halides is 4. The fraction of sp³-hybridized carbons (Fsp3) is 0.342. The molecule has 8 rings (SSSR count). The van der Waals surface area contributed by atoms with Crippen molar-refractivity contribution in [1.29, 1.82) is 0 Å². The van der Waals surface area contributed by atoms with Crippen molar-refractivity contribution >= 4 is 0 Å². The lowest BCUT2D eigenvalue weighted by molar-refractivity contribution is -0.186. The molecule has 0 spiro atoms. The summed E-state index contributed by atoms with van der Waals surface area (Å²) in [6.45, 7) is 44.4. The average Bonchev–Trinajstić information content (AvgIpc) is 3.51. The van der Waals surface area contributed by atoms with Crippen molar-refractivity contribution in [2.24, 2.45) is 0 Å². The highest BCUT2D eigenvalue weighted by Gasteiger charge is 2.35. The predicted molar refractivity (Wildman–Crippen MR) is 342 cm³/mol. The number of rotatable bonds is 11. The molecule has 0 saturated heterocycles. The highest BCUT2D eigenvalue weighted by atomic mass is 19.3. The molecule has 7 heteroatoms. The maximum atomic E-state index is 14.2. The van der Waals surface area contributed by atoms with E-state index in [4.69, 9.17) is 14.2 Å². The van der Waals surface area contributed by atoms with Crippen molar-refractivity contribution in [3.05, 3.63) is 244 Å². The first-order valence-corrected chi connectivity index (χ1v) is 29.0. The summed E-state index contributed by atoms with van der Waals surface area (Å²) < 4.78 is 71.6. The summed E-state index contributed by atoms with van der Waals surface area (Å²) in [7, 11) is 0. The molecule has 0 fully saturated rings.